The second kappa shape index (κ2) is 11.5. The molecule has 1 aromatic heterocycles. The minimum absolute atomic E-state index is 0.222. The van der Waals surface area contributed by atoms with Crippen molar-refractivity contribution in [3.8, 4) is 0 Å². The monoisotopic (exact) mass is 574 g/mol. The van der Waals surface area contributed by atoms with E-state index >= 15 is 0 Å². The van der Waals surface area contributed by atoms with Gasteiger partial charge in [-0.2, -0.15) is 9.88 Å². The van der Waals surface area contributed by atoms with Crippen LogP contribution in [0.15, 0.2) is 18.2 Å². The van der Waals surface area contributed by atoms with Gasteiger partial charge in [-0.15, -0.1) is 4.90 Å². The molecule has 0 radical (unpaired) electrons. The van der Waals surface area contributed by atoms with E-state index in [9.17, 15) is 19.2 Å². The van der Waals surface area contributed by atoms with E-state index in [0.717, 1.165) is 5.56 Å². The summed E-state index contributed by atoms with van der Waals surface area (Å²) >= 11 is 0. The lowest BCUT2D eigenvalue weighted by atomic mass is 10.1. The van der Waals surface area contributed by atoms with Gasteiger partial charge in [-0.1, -0.05) is 6.07 Å². The molecule has 0 aliphatic carbocycles. The van der Waals surface area contributed by atoms with Crippen LogP contribution in [-0.2, 0) is 18.9 Å². The fraction of sp³-hybridized carbons (Fsp3) is 0.586. The zero-order valence-corrected chi connectivity index (χ0v) is 26.3. The van der Waals surface area contributed by atoms with Gasteiger partial charge < -0.3 is 18.9 Å². The van der Waals surface area contributed by atoms with Crippen molar-refractivity contribution in [2.75, 3.05) is 9.80 Å². The highest BCUT2D eigenvalue weighted by Crippen LogP contribution is 2.31. The Morgan fingerprint density at radius 1 is 0.585 bits per heavy atom. The molecule has 2 rings (SSSR count). The molecule has 0 spiro atoms. The summed E-state index contributed by atoms with van der Waals surface area (Å²) in [5.41, 5.74) is -2.97. The van der Waals surface area contributed by atoms with Crippen LogP contribution >= 0.6 is 0 Å². The highest BCUT2D eigenvalue weighted by molar-refractivity contribution is 6.15. The lowest BCUT2D eigenvalue weighted by Crippen LogP contribution is -2.46. The zero-order chi connectivity index (χ0) is 31.7. The number of hydrogen-bond donors (Lipinski definition) is 0. The number of aromatic nitrogens is 2. The average Bonchev–Trinajstić information content (AvgIpc) is 2.68. The number of imide groups is 2. The van der Waals surface area contributed by atoms with Crippen LogP contribution < -0.4 is 9.80 Å². The van der Waals surface area contributed by atoms with E-state index in [1.807, 2.05) is 0 Å². The molecule has 41 heavy (non-hydrogen) atoms. The molecular weight excluding hydrogens is 532 g/mol. The molecule has 4 amide bonds. The third-order valence-electron chi connectivity index (χ3n) is 4.54. The maximum Gasteiger partial charge on any atom is 0.427 e. The number of carbonyl (C=O) groups excluding carboxylic acids is 4. The van der Waals surface area contributed by atoms with Gasteiger partial charge in [-0.25, -0.2) is 24.2 Å². The predicted octanol–water partition coefficient (Wildman–Crippen LogP) is 7.29. The van der Waals surface area contributed by atoms with Gasteiger partial charge in [-0.05, 0) is 108 Å². The molecule has 0 fully saturated rings. The van der Waals surface area contributed by atoms with Gasteiger partial charge >= 0.3 is 24.4 Å². The number of amides is 4. The summed E-state index contributed by atoms with van der Waals surface area (Å²) in [5.74, 6) is -0.760. The van der Waals surface area contributed by atoms with Crippen molar-refractivity contribution in [1.82, 2.24) is 9.97 Å². The molecule has 12 heteroatoms. The van der Waals surface area contributed by atoms with Crippen molar-refractivity contribution in [2.24, 2.45) is 0 Å². The lowest BCUT2D eigenvalue weighted by molar-refractivity contribution is 0.0411. The van der Waals surface area contributed by atoms with E-state index in [4.69, 9.17) is 18.9 Å². The van der Waals surface area contributed by atoms with Crippen LogP contribution in [0.25, 0.3) is 10.9 Å². The van der Waals surface area contributed by atoms with E-state index in [-0.39, 0.29) is 16.7 Å². The molecule has 0 saturated carbocycles. The topological polar surface area (TPSA) is 137 Å². The number of anilines is 2. The highest BCUT2D eigenvalue weighted by Gasteiger charge is 2.39. The Bertz CT molecular complexity index is 1270. The molecule has 0 aliphatic rings. The molecule has 0 unspecified atom stereocenters. The lowest BCUT2D eigenvalue weighted by Gasteiger charge is -2.30. The number of hydrogen-bond acceptors (Lipinski definition) is 10. The molecule has 1 aromatic carbocycles. The van der Waals surface area contributed by atoms with Crippen LogP contribution in [0.2, 0.25) is 0 Å². The first-order valence-electron chi connectivity index (χ1n) is 13.2. The minimum atomic E-state index is -1.12. The quantitative estimate of drug-likeness (QED) is 0.336. The third-order valence-corrected chi connectivity index (χ3v) is 4.54. The fourth-order valence-corrected chi connectivity index (χ4v) is 3.20. The summed E-state index contributed by atoms with van der Waals surface area (Å²) in [6, 6.07) is 4.99. The van der Waals surface area contributed by atoms with E-state index < -0.39 is 52.7 Å². The Morgan fingerprint density at radius 3 is 1.32 bits per heavy atom. The molecule has 0 aliphatic heterocycles. The van der Waals surface area contributed by atoms with Gasteiger partial charge in [0.05, 0.1) is 5.52 Å². The van der Waals surface area contributed by atoms with Crippen molar-refractivity contribution in [3.05, 3.63) is 23.8 Å². The maximum absolute atomic E-state index is 13.5. The Hall–Kier alpha value is -3.96. The van der Waals surface area contributed by atoms with Crippen LogP contribution in [0.4, 0.5) is 30.9 Å². The first-order valence-corrected chi connectivity index (χ1v) is 13.2. The van der Waals surface area contributed by atoms with Gasteiger partial charge in [0.25, 0.3) is 0 Å². The molecule has 0 N–H and O–H groups in total. The summed E-state index contributed by atoms with van der Waals surface area (Å²) in [6.07, 6.45) is -4.41. The number of aryl methyl sites for hydroxylation is 1. The van der Waals surface area contributed by atoms with Gasteiger partial charge in [0.2, 0.25) is 5.95 Å². The summed E-state index contributed by atoms with van der Waals surface area (Å²) in [4.78, 5) is 63.5. The standard InChI is InChI=1S/C29H42N4O8/c1-17-14-15-18-19(16-17)30-21(33(24(36)40-28(8,9)10)25(37)41-29(11,12)13)31-20(18)32(22(34)38-26(2,3)4)23(35)39-27(5,6)7/h14-16H,1-13H3. The smallest absolute Gasteiger partial charge is 0.427 e. The van der Waals surface area contributed by atoms with Crippen molar-refractivity contribution in [1.29, 1.82) is 0 Å². The molecule has 2 aromatic rings. The van der Waals surface area contributed by atoms with Crippen molar-refractivity contribution in [3.63, 3.8) is 0 Å². The van der Waals surface area contributed by atoms with Crippen molar-refractivity contribution < 1.29 is 38.1 Å². The summed E-state index contributed by atoms with van der Waals surface area (Å²) in [7, 11) is 0. The first kappa shape index (κ1) is 33.2. The molecule has 0 saturated heterocycles. The SMILES string of the molecule is Cc1ccc2c(N(C(=O)OC(C)(C)C)C(=O)OC(C)(C)C)nc(N(C(=O)OC(C)(C)C)C(=O)OC(C)(C)C)nc2c1. The molecule has 1 heterocycles. The summed E-state index contributed by atoms with van der Waals surface area (Å²) < 4.78 is 22.0. The number of benzene rings is 1. The van der Waals surface area contributed by atoms with Gasteiger partial charge in [0.1, 0.15) is 22.4 Å². The summed E-state index contributed by atoms with van der Waals surface area (Å²) in [6.45, 7) is 21.4. The number of rotatable bonds is 2. The Kier molecular flexibility index (Phi) is 9.32. The van der Waals surface area contributed by atoms with Gasteiger partial charge in [0.15, 0.2) is 5.82 Å². The summed E-state index contributed by atoms with van der Waals surface area (Å²) in [5, 5.41) is 0.254. The third kappa shape index (κ3) is 9.87. The molecule has 12 nitrogen and oxygen atoms in total. The van der Waals surface area contributed by atoms with Gasteiger partial charge in [0, 0.05) is 5.39 Å². The van der Waals surface area contributed by atoms with Gasteiger partial charge in [-0.3, -0.25) is 0 Å². The van der Waals surface area contributed by atoms with Crippen LogP contribution in [0, 0.1) is 6.92 Å². The number of ether oxygens (including phenoxy) is 4. The first-order chi connectivity index (χ1) is 18.4. The van der Waals surface area contributed by atoms with E-state index in [2.05, 4.69) is 9.97 Å². The van der Waals surface area contributed by atoms with Crippen LogP contribution in [-0.4, -0.2) is 56.7 Å². The number of fused-ring (bicyclic) bond motifs is 1. The predicted molar refractivity (Wildman–Crippen MR) is 154 cm³/mol. The maximum atomic E-state index is 13.5. The molecular formula is C29H42N4O8. The van der Waals surface area contributed by atoms with E-state index in [0.29, 0.717) is 9.80 Å². The van der Waals surface area contributed by atoms with Crippen LogP contribution in [0.3, 0.4) is 0 Å². The largest absolute Gasteiger partial charge is 0.443 e. The minimum Gasteiger partial charge on any atom is -0.443 e. The Balaban J connectivity index is 2.93. The second-order valence-electron chi connectivity index (χ2n) is 13.5. The number of nitrogens with zero attached hydrogens (tertiary/aromatic N) is 4. The van der Waals surface area contributed by atoms with Crippen molar-refractivity contribution in [2.45, 2.75) is 112 Å². The van der Waals surface area contributed by atoms with Crippen LogP contribution in [0.1, 0.15) is 88.6 Å². The molecule has 0 bridgehead atoms. The molecule has 226 valence electrons. The van der Waals surface area contributed by atoms with Crippen molar-refractivity contribution >= 4 is 47.0 Å². The highest BCUT2D eigenvalue weighted by atomic mass is 16.6. The van der Waals surface area contributed by atoms with E-state index in [1.165, 1.54) is 0 Å². The number of carbonyl (C=O) groups is 4. The van der Waals surface area contributed by atoms with Crippen LogP contribution in [0.5, 0.6) is 0 Å². The normalized spacial score (nSPS) is 12.4. The Morgan fingerprint density at radius 2 is 0.951 bits per heavy atom. The average molecular weight is 575 g/mol. The van der Waals surface area contributed by atoms with E-state index in [1.54, 1.807) is 108 Å². The zero-order valence-electron chi connectivity index (χ0n) is 26.3. The Labute approximate surface area is 241 Å². The molecule has 0 atom stereocenters. The fourth-order valence-electron chi connectivity index (χ4n) is 3.20. The second-order valence-corrected chi connectivity index (χ2v) is 13.5.